The first-order valence-corrected chi connectivity index (χ1v) is 8.99. The highest BCUT2D eigenvalue weighted by molar-refractivity contribution is 14.1. The topological polar surface area (TPSA) is 81.6 Å². The van der Waals surface area contributed by atoms with Crippen LogP contribution in [0.4, 0.5) is 13.6 Å². The van der Waals surface area contributed by atoms with Gasteiger partial charge in [0.25, 0.3) is 0 Å². The molecule has 0 spiro atoms. The lowest BCUT2D eigenvalue weighted by Crippen LogP contribution is -2.48. The maximum Gasteiger partial charge on any atom is 0.404 e. The van der Waals surface area contributed by atoms with Crippen LogP contribution in [-0.4, -0.2) is 35.0 Å². The fraction of sp³-hybridized carbons (Fsp3) is 0.278. The second-order valence-corrected chi connectivity index (χ2v) is 7.11. The summed E-state index contributed by atoms with van der Waals surface area (Å²) in [6, 6.07) is 9.87. The van der Waals surface area contributed by atoms with E-state index in [0.717, 1.165) is 27.3 Å². The molecule has 0 saturated heterocycles. The van der Waals surface area contributed by atoms with Crippen molar-refractivity contribution in [2.45, 2.75) is 25.1 Å². The Labute approximate surface area is 163 Å². The molecule has 5 nitrogen and oxygen atoms in total. The number of amides is 1. The normalized spacial score (nSPS) is 13.2. The van der Waals surface area contributed by atoms with Gasteiger partial charge in [0.15, 0.2) is 0 Å². The molecule has 2 aromatic carbocycles. The van der Waals surface area contributed by atoms with Crippen LogP contribution >= 0.6 is 22.6 Å². The van der Waals surface area contributed by atoms with Gasteiger partial charge in [-0.25, -0.2) is 13.6 Å². The number of carbonyl (C=O) groups is 1. The van der Waals surface area contributed by atoms with Gasteiger partial charge in [-0.2, -0.15) is 0 Å². The highest BCUT2D eigenvalue weighted by Gasteiger charge is 2.22. The van der Waals surface area contributed by atoms with E-state index in [2.05, 4.69) is 33.2 Å². The third-order valence-electron chi connectivity index (χ3n) is 3.72. The van der Waals surface area contributed by atoms with Crippen molar-refractivity contribution < 1.29 is 23.8 Å². The Morgan fingerprint density at radius 2 is 1.81 bits per heavy atom. The van der Waals surface area contributed by atoms with E-state index in [0.29, 0.717) is 6.54 Å². The molecule has 26 heavy (non-hydrogen) atoms. The summed E-state index contributed by atoms with van der Waals surface area (Å²) < 4.78 is 27.7. The van der Waals surface area contributed by atoms with Crippen LogP contribution in [-0.2, 0) is 13.0 Å². The lowest BCUT2D eigenvalue weighted by Gasteiger charge is -2.23. The summed E-state index contributed by atoms with van der Waals surface area (Å²) in [7, 11) is 0. The summed E-state index contributed by atoms with van der Waals surface area (Å²) in [5, 5.41) is 24.5. The molecule has 0 aromatic heterocycles. The predicted molar refractivity (Wildman–Crippen MR) is 102 cm³/mol. The maximum absolute atomic E-state index is 13.3. The van der Waals surface area contributed by atoms with E-state index in [1.165, 1.54) is 0 Å². The molecule has 0 aliphatic carbocycles. The molecule has 0 heterocycles. The summed E-state index contributed by atoms with van der Waals surface area (Å²) >= 11 is 2.20. The van der Waals surface area contributed by atoms with Gasteiger partial charge in [0, 0.05) is 22.7 Å². The molecule has 0 aliphatic rings. The van der Waals surface area contributed by atoms with Gasteiger partial charge in [-0.05, 0) is 64.4 Å². The van der Waals surface area contributed by atoms with Gasteiger partial charge in [-0.3, -0.25) is 0 Å². The maximum atomic E-state index is 13.3. The Hall–Kier alpha value is -1.78. The van der Waals surface area contributed by atoms with Crippen LogP contribution in [0.1, 0.15) is 11.1 Å². The molecule has 2 rings (SSSR count). The zero-order valence-electron chi connectivity index (χ0n) is 13.8. The van der Waals surface area contributed by atoms with Crippen molar-refractivity contribution in [2.75, 3.05) is 6.54 Å². The molecule has 140 valence electrons. The van der Waals surface area contributed by atoms with Crippen LogP contribution in [0.5, 0.6) is 0 Å². The van der Waals surface area contributed by atoms with E-state index < -0.39 is 29.9 Å². The third kappa shape index (κ3) is 6.85. The van der Waals surface area contributed by atoms with Gasteiger partial charge >= 0.3 is 6.09 Å². The Balaban J connectivity index is 1.97. The summed E-state index contributed by atoms with van der Waals surface area (Å²) in [5.74, 6) is -1.50. The lowest BCUT2D eigenvalue weighted by atomic mass is 10.0. The van der Waals surface area contributed by atoms with Gasteiger partial charge in [0.05, 0.1) is 12.1 Å². The minimum absolute atomic E-state index is 0.0347. The molecule has 1 amide bonds. The number of rotatable bonds is 8. The molecular weight excluding hydrogens is 457 g/mol. The molecule has 0 aliphatic heterocycles. The SMILES string of the molecule is O=C(O)N[C@@H](Cc1cc(F)cc(F)c1)[C@H](O)CNCc1cccc(I)c1. The third-order valence-corrected chi connectivity index (χ3v) is 4.39. The highest BCUT2D eigenvalue weighted by Crippen LogP contribution is 2.12. The zero-order chi connectivity index (χ0) is 19.1. The summed E-state index contributed by atoms with van der Waals surface area (Å²) in [6.45, 7) is 0.622. The molecular formula is C18H19F2IN2O3. The van der Waals surface area contributed by atoms with Gasteiger partial charge in [0.1, 0.15) is 11.6 Å². The molecule has 0 unspecified atom stereocenters. The monoisotopic (exact) mass is 476 g/mol. The van der Waals surface area contributed by atoms with Crippen molar-refractivity contribution in [3.8, 4) is 0 Å². The van der Waals surface area contributed by atoms with E-state index in [9.17, 15) is 18.7 Å². The smallest absolute Gasteiger partial charge is 0.404 e. The summed E-state index contributed by atoms with van der Waals surface area (Å²) in [4.78, 5) is 11.0. The number of aliphatic hydroxyl groups excluding tert-OH is 1. The first kappa shape index (κ1) is 20.5. The molecule has 2 atom stereocenters. The summed E-state index contributed by atoms with van der Waals surface area (Å²) in [5.41, 5.74) is 1.29. The van der Waals surface area contributed by atoms with Crippen molar-refractivity contribution in [1.29, 1.82) is 0 Å². The largest absolute Gasteiger partial charge is 0.465 e. The Morgan fingerprint density at radius 1 is 1.12 bits per heavy atom. The lowest BCUT2D eigenvalue weighted by molar-refractivity contribution is 0.117. The van der Waals surface area contributed by atoms with Gasteiger partial charge < -0.3 is 20.8 Å². The average molecular weight is 476 g/mol. The number of nitrogens with one attached hydrogen (secondary N) is 2. The van der Waals surface area contributed by atoms with Gasteiger partial charge in [0.2, 0.25) is 0 Å². The fourth-order valence-electron chi connectivity index (χ4n) is 2.58. The van der Waals surface area contributed by atoms with Crippen molar-refractivity contribution in [3.05, 3.63) is 68.8 Å². The van der Waals surface area contributed by atoms with Crippen LogP contribution in [0.3, 0.4) is 0 Å². The second kappa shape index (κ2) is 9.79. The predicted octanol–water partition coefficient (Wildman–Crippen LogP) is 2.90. The average Bonchev–Trinajstić information content (AvgIpc) is 2.53. The molecule has 0 saturated carbocycles. The van der Waals surface area contributed by atoms with E-state index >= 15 is 0 Å². The Bertz CT molecular complexity index is 741. The molecule has 4 N–H and O–H groups in total. The molecule has 0 bridgehead atoms. The standard InChI is InChI=1S/C18H19F2IN2O3/c19-13-4-12(5-14(20)8-13)7-16(23-18(25)26)17(24)10-22-9-11-2-1-3-15(21)6-11/h1-6,8,16-17,22-24H,7,9-10H2,(H,25,26)/t16-,17+/m0/s1. The van der Waals surface area contributed by atoms with Crippen molar-refractivity contribution in [1.82, 2.24) is 10.6 Å². The van der Waals surface area contributed by atoms with Crippen molar-refractivity contribution >= 4 is 28.7 Å². The van der Waals surface area contributed by atoms with Crippen LogP contribution < -0.4 is 10.6 Å². The number of aliphatic hydroxyl groups is 1. The van der Waals surface area contributed by atoms with E-state index in [1.54, 1.807) is 0 Å². The van der Waals surface area contributed by atoms with Crippen LogP contribution in [0, 0.1) is 15.2 Å². The Kier molecular flexibility index (Phi) is 7.73. The fourth-order valence-corrected chi connectivity index (χ4v) is 3.19. The highest BCUT2D eigenvalue weighted by atomic mass is 127. The number of halogens is 3. The van der Waals surface area contributed by atoms with Crippen LogP contribution in [0.2, 0.25) is 0 Å². The first-order valence-electron chi connectivity index (χ1n) is 7.91. The van der Waals surface area contributed by atoms with Crippen LogP contribution in [0.25, 0.3) is 0 Å². The van der Waals surface area contributed by atoms with Gasteiger partial charge in [-0.1, -0.05) is 12.1 Å². The van der Waals surface area contributed by atoms with Crippen LogP contribution in [0.15, 0.2) is 42.5 Å². The Morgan fingerprint density at radius 3 is 2.42 bits per heavy atom. The second-order valence-electron chi connectivity index (χ2n) is 5.87. The number of hydrogen-bond donors (Lipinski definition) is 4. The van der Waals surface area contributed by atoms with Gasteiger partial charge in [-0.15, -0.1) is 0 Å². The van der Waals surface area contributed by atoms with E-state index in [4.69, 9.17) is 5.11 Å². The molecule has 0 radical (unpaired) electrons. The zero-order valence-corrected chi connectivity index (χ0v) is 15.9. The number of hydrogen-bond acceptors (Lipinski definition) is 3. The van der Waals surface area contributed by atoms with E-state index in [1.807, 2.05) is 24.3 Å². The minimum atomic E-state index is -1.32. The molecule has 8 heteroatoms. The number of benzene rings is 2. The minimum Gasteiger partial charge on any atom is -0.465 e. The first-order chi connectivity index (χ1) is 12.3. The van der Waals surface area contributed by atoms with E-state index in [-0.39, 0.29) is 18.5 Å². The quantitative estimate of drug-likeness (QED) is 0.442. The number of carboxylic acid groups (broad SMARTS) is 1. The van der Waals surface area contributed by atoms with Crippen molar-refractivity contribution in [3.63, 3.8) is 0 Å². The molecule has 2 aromatic rings. The molecule has 0 fully saturated rings. The summed E-state index contributed by atoms with van der Waals surface area (Å²) in [6.07, 6.45) is -2.42. The van der Waals surface area contributed by atoms with Crippen molar-refractivity contribution in [2.24, 2.45) is 0 Å².